The van der Waals surface area contributed by atoms with Crippen LogP contribution in [0, 0.1) is 0 Å². The summed E-state index contributed by atoms with van der Waals surface area (Å²) in [4.78, 5) is 20.0. The molecular formula is C13H21N5O. The van der Waals surface area contributed by atoms with Gasteiger partial charge < -0.3 is 16.0 Å². The zero-order valence-corrected chi connectivity index (χ0v) is 11.3. The van der Waals surface area contributed by atoms with Crippen LogP contribution < -0.4 is 16.0 Å². The number of carbonyl (C=O) groups excluding carboxylic acids is 1. The van der Waals surface area contributed by atoms with Crippen LogP contribution in [0.25, 0.3) is 0 Å². The van der Waals surface area contributed by atoms with Crippen molar-refractivity contribution in [3.63, 3.8) is 0 Å². The van der Waals surface area contributed by atoms with Crippen molar-refractivity contribution in [2.45, 2.75) is 38.6 Å². The van der Waals surface area contributed by atoms with Gasteiger partial charge >= 0.3 is 0 Å². The minimum Gasteiger partial charge on any atom is -0.369 e. The number of hydrogen-bond acceptors (Lipinski definition) is 5. The first-order chi connectivity index (χ1) is 9.28. The van der Waals surface area contributed by atoms with E-state index in [0.29, 0.717) is 24.8 Å². The Labute approximate surface area is 113 Å². The fourth-order valence-electron chi connectivity index (χ4n) is 1.62. The number of rotatable bonds is 8. The van der Waals surface area contributed by atoms with Gasteiger partial charge in [-0.2, -0.15) is 0 Å². The molecule has 0 unspecified atom stereocenters. The summed E-state index contributed by atoms with van der Waals surface area (Å²) in [5.41, 5.74) is 0. The number of carbonyl (C=O) groups is 1. The van der Waals surface area contributed by atoms with Gasteiger partial charge in [0.1, 0.15) is 11.6 Å². The Bertz CT molecular complexity index is 419. The van der Waals surface area contributed by atoms with Gasteiger partial charge in [-0.15, -0.1) is 0 Å². The normalized spacial score (nSPS) is 13.9. The van der Waals surface area contributed by atoms with E-state index in [-0.39, 0.29) is 5.91 Å². The third kappa shape index (κ3) is 5.11. The van der Waals surface area contributed by atoms with Crippen LogP contribution in [-0.2, 0) is 4.79 Å². The second-order valence-electron chi connectivity index (χ2n) is 4.73. The largest absolute Gasteiger partial charge is 0.369 e. The van der Waals surface area contributed by atoms with Crippen molar-refractivity contribution in [3.05, 3.63) is 12.4 Å². The number of anilines is 2. The molecule has 0 aromatic carbocycles. The lowest BCUT2D eigenvalue weighted by Gasteiger charge is -2.08. The van der Waals surface area contributed by atoms with E-state index in [1.165, 1.54) is 0 Å². The van der Waals surface area contributed by atoms with Gasteiger partial charge in [0, 0.05) is 25.6 Å². The predicted octanol–water partition coefficient (Wildman–Crippen LogP) is 1.38. The SMILES string of the molecule is CCCNc1cncc(NCCC(=O)NC2CC2)n1. The lowest BCUT2D eigenvalue weighted by molar-refractivity contribution is -0.120. The van der Waals surface area contributed by atoms with E-state index < -0.39 is 0 Å². The second kappa shape index (κ2) is 6.92. The van der Waals surface area contributed by atoms with Gasteiger partial charge in [0.25, 0.3) is 0 Å². The Kier molecular flexibility index (Phi) is 4.94. The van der Waals surface area contributed by atoms with E-state index in [9.17, 15) is 4.79 Å². The Balaban J connectivity index is 1.70. The molecule has 1 aromatic heterocycles. The molecule has 0 bridgehead atoms. The zero-order valence-electron chi connectivity index (χ0n) is 11.3. The molecule has 1 heterocycles. The summed E-state index contributed by atoms with van der Waals surface area (Å²) in [7, 11) is 0. The molecule has 6 heteroatoms. The smallest absolute Gasteiger partial charge is 0.221 e. The van der Waals surface area contributed by atoms with E-state index in [4.69, 9.17) is 0 Å². The summed E-state index contributed by atoms with van der Waals surface area (Å²) in [5.74, 6) is 1.55. The van der Waals surface area contributed by atoms with Crippen LogP contribution in [0.2, 0.25) is 0 Å². The molecule has 1 aliphatic carbocycles. The third-order valence-corrected chi connectivity index (χ3v) is 2.79. The maximum absolute atomic E-state index is 11.5. The number of hydrogen-bond donors (Lipinski definition) is 3. The molecule has 0 aliphatic heterocycles. The van der Waals surface area contributed by atoms with Crippen LogP contribution in [0.4, 0.5) is 11.6 Å². The number of aromatic nitrogens is 2. The summed E-state index contributed by atoms with van der Waals surface area (Å²) >= 11 is 0. The van der Waals surface area contributed by atoms with Crippen molar-refractivity contribution in [1.82, 2.24) is 15.3 Å². The summed E-state index contributed by atoms with van der Waals surface area (Å²) < 4.78 is 0. The molecular weight excluding hydrogens is 242 g/mol. The molecule has 1 amide bonds. The van der Waals surface area contributed by atoms with Gasteiger partial charge in [0.15, 0.2) is 0 Å². The molecule has 1 aliphatic rings. The fourth-order valence-corrected chi connectivity index (χ4v) is 1.62. The van der Waals surface area contributed by atoms with E-state index in [1.807, 2.05) is 0 Å². The molecule has 0 spiro atoms. The molecule has 1 saturated carbocycles. The third-order valence-electron chi connectivity index (χ3n) is 2.79. The molecule has 0 atom stereocenters. The van der Waals surface area contributed by atoms with Crippen molar-refractivity contribution in [3.8, 4) is 0 Å². The average molecular weight is 263 g/mol. The van der Waals surface area contributed by atoms with Gasteiger partial charge in [-0.05, 0) is 19.3 Å². The van der Waals surface area contributed by atoms with Crippen LogP contribution in [0.3, 0.4) is 0 Å². The van der Waals surface area contributed by atoms with Crippen LogP contribution in [0.5, 0.6) is 0 Å². The van der Waals surface area contributed by atoms with Gasteiger partial charge in [0.05, 0.1) is 12.4 Å². The molecule has 1 fully saturated rings. The van der Waals surface area contributed by atoms with Crippen LogP contribution in [0.15, 0.2) is 12.4 Å². The molecule has 6 nitrogen and oxygen atoms in total. The van der Waals surface area contributed by atoms with Crippen molar-refractivity contribution < 1.29 is 4.79 Å². The zero-order chi connectivity index (χ0) is 13.5. The summed E-state index contributed by atoms with van der Waals surface area (Å²) in [6.45, 7) is 3.55. The monoisotopic (exact) mass is 263 g/mol. The Morgan fingerprint density at radius 1 is 1.26 bits per heavy atom. The first-order valence-corrected chi connectivity index (χ1v) is 6.87. The van der Waals surface area contributed by atoms with Gasteiger partial charge in [0.2, 0.25) is 5.91 Å². The minimum absolute atomic E-state index is 0.100. The first kappa shape index (κ1) is 13.6. The Morgan fingerprint density at radius 3 is 2.58 bits per heavy atom. The predicted molar refractivity (Wildman–Crippen MR) is 75.1 cm³/mol. The number of nitrogens with one attached hydrogen (secondary N) is 3. The van der Waals surface area contributed by atoms with E-state index in [1.54, 1.807) is 12.4 Å². The molecule has 3 N–H and O–H groups in total. The van der Waals surface area contributed by atoms with E-state index >= 15 is 0 Å². The highest BCUT2D eigenvalue weighted by Crippen LogP contribution is 2.18. The van der Waals surface area contributed by atoms with Crippen LogP contribution in [-0.4, -0.2) is 35.0 Å². The highest BCUT2D eigenvalue weighted by Gasteiger charge is 2.22. The summed E-state index contributed by atoms with van der Waals surface area (Å²) in [6.07, 6.45) is 7.10. The quantitative estimate of drug-likeness (QED) is 0.660. The minimum atomic E-state index is 0.100. The second-order valence-corrected chi connectivity index (χ2v) is 4.73. The first-order valence-electron chi connectivity index (χ1n) is 6.87. The topological polar surface area (TPSA) is 78.9 Å². The molecule has 0 radical (unpaired) electrons. The number of nitrogens with zero attached hydrogens (tertiary/aromatic N) is 2. The number of amides is 1. The molecule has 1 aromatic rings. The van der Waals surface area contributed by atoms with Crippen LogP contribution >= 0.6 is 0 Å². The van der Waals surface area contributed by atoms with Gasteiger partial charge in [-0.1, -0.05) is 6.92 Å². The highest BCUT2D eigenvalue weighted by atomic mass is 16.1. The standard InChI is InChI=1S/C13H21N5O/c1-2-6-15-11-8-14-9-12(18-11)16-7-5-13(19)17-10-3-4-10/h8-10H,2-7H2,1H3,(H,17,19)(H2,15,16,18). The van der Waals surface area contributed by atoms with Crippen LogP contribution in [0.1, 0.15) is 32.6 Å². The Morgan fingerprint density at radius 2 is 1.95 bits per heavy atom. The summed E-state index contributed by atoms with van der Waals surface area (Å²) in [6, 6.07) is 0.425. The highest BCUT2D eigenvalue weighted by molar-refractivity contribution is 5.77. The van der Waals surface area contributed by atoms with Crippen molar-refractivity contribution in [2.24, 2.45) is 0 Å². The van der Waals surface area contributed by atoms with E-state index in [2.05, 4.69) is 32.8 Å². The lowest BCUT2D eigenvalue weighted by Crippen LogP contribution is -2.27. The lowest BCUT2D eigenvalue weighted by atomic mass is 10.4. The van der Waals surface area contributed by atoms with E-state index in [0.717, 1.165) is 31.6 Å². The summed E-state index contributed by atoms with van der Waals surface area (Å²) in [5, 5.41) is 9.24. The maximum atomic E-state index is 11.5. The van der Waals surface area contributed by atoms with Crippen molar-refractivity contribution in [1.29, 1.82) is 0 Å². The van der Waals surface area contributed by atoms with Gasteiger partial charge in [-0.3, -0.25) is 9.78 Å². The fraction of sp³-hybridized carbons (Fsp3) is 0.615. The average Bonchev–Trinajstić information content (AvgIpc) is 3.21. The van der Waals surface area contributed by atoms with Gasteiger partial charge in [-0.25, -0.2) is 4.98 Å². The Hall–Kier alpha value is -1.85. The molecule has 104 valence electrons. The molecule has 19 heavy (non-hydrogen) atoms. The van der Waals surface area contributed by atoms with Crippen molar-refractivity contribution in [2.75, 3.05) is 23.7 Å². The maximum Gasteiger partial charge on any atom is 0.221 e. The molecule has 0 saturated heterocycles. The van der Waals surface area contributed by atoms with Crippen molar-refractivity contribution >= 4 is 17.5 Å². The molecule has 2 rings (SSSR count).